The molecule has 0 bridgehead atoms. The summed E-state index contributed by atoms with van der Waals surface area (Å²) < 4.78 is 5.47. The molecule has 0 aliphatic heterocycles. The van der Waals surface area contributed by atoms with E-state index in [9.17, 15) is 5.11 Å². The van der Waals surface area contributed by atoms with Crippen molar-refractivity contribution < 1.29 is 9.84 Å². The van der Waals surface area contributed by atoms with Gasteiger partial charge in [-0.15, -0.1) is 0 Å². The van der Waals surface area contributed by atoms with Crippen LogP contribution in [0.25, 0.3) is 0 Å². The molecular weight excluding hydrogens is 202 g/mol. The Morgan fingerprint density at radius 1 is 1.25 bits per heavy atom. The molecule has 1 rings (SSSR count). The third kappa shape index (κ3) is 4.64. The van der Waals surface area contributed by atoms with E-state index in [-0.39, 0.29) is 0 Å². The number of ether oxygens (including phenoxy) is 1. The van der Waals surface area contributed by atoms with Gasteiger partial charge in [-0.25, -0.2) is 0 Å². The number of nitrogens with zero attached hydrogens (tertiary/aromatic N) is 1. The Balaban J connectivity index is 2.28. The topological polar surface area (TPSA) is 32.7 Å². The van der Waals surface area contributed by atoms with Gasteiger partial charge >= 0.3 is 0 Å². The predicted molar refractivity (Wildman–Crippen MR) is 65.7 cm³/mol. The lowest BCUT2D eigenvalue weighted by Gasteiger charge is -2.24. The zero-order valence-electron chi connectivity index (χ0n) is 10.3. The highest BCUT2D eigenvalue weighted by Gasteiger charge is 2.11. The fourth-order valence-corrected chi connectivity index (χ4v) is 1.31. The Kier molecular flexibility index (Phi) is 5.29. The van der Waals surface area contributed by atoms with E-state index in [0.717, 1.165) is 5.75 Å². The third-order valence-electron chi connectivity index (χ3n) is 2.57. The fraction of sp³-hybridized carbons (Fsp3) is 0.538. The van der Waals surface area contributed by atoms with Crippen molar-refractivity contribution in [3.63, 3.8) is 0 Å². The van der Waals surface area contributed by atoms with Gasteiger partial charge in [0.2, 0.25) is 0 Å². The molecule has 0 saturated heterocycles. The number of rotatable bonds is 6. The van der Waals surface area contributed by atoms with Crippen molar-refractivity contribution in [2.24, 2.45) is 0 Å². The maximum atomic E-state index is 9.76. The molecule has 0 saturated carbocycles. The van der Waals surface area contributed by atoms with E-state index in [4.69, 9.17) is 4.74 Å². The summed E-state index contributed by atoms with van der Waals surface area (Å²) >= 11 is 0. The van der Waals surface area contributed by atoms with Gasteiger partial charge in [0.15, 0.2) is 0 Å². The standard InChI is InChI=1S/C13H21NO2/c1-11(2)14(3)9-12(15)10-16-13-7-5-4-6-8-13/h4-8,11-12,15H,9-10H2,1-3H3/t12-/m0/s1. The minimum absolute atomic E-state index is 0.334. The molecule has 16 heavy (non-hydrogen) atoms. The first kappa shape index (κ1) is 13.0. The number of aliphatic hydroxyl groups excluding tert-OH is 1. The minimum Gasteiger partial charge on any atom is -0.491 e. The largest absolute Gasteiger partial charge is 0.491 e. The Hall–Kier alpha value is -1.06. The third-order valence-corrected chi connectivity index (χ3v) is 2.57. The number of aliphatic hydroxyl groups is 1. The Morgan fingerprint density at radius 2 is 1.88 bits per heavy atom. The predicted octanol–water partition coefficient (Wildman–Crippen LogP) is 1.77. The van der Waals surface area contributed by atoms with Crippen molar-refractivity contribution >= 4 is 0 Å². The Labute approximate surface area is 97.7 Å². The van der Waals surface area contributed by atoms with E-state index in [0.29, 0.717) is 19.2 Å². The van der Waals surface area contributed by atoms with Crippen LogP contribution < -0.4 is 4.74 Å². The fourth-order valence-electron chi connectivity index (χ4n) is 1.31. The van der Waals surface area contributed by atoms with Gasteiger partial charge in [0.1, 0.15) is 18.5 Å². The van der Waals surface area contributed by atoms with E-state index < -0.39 is 6.10 Å². The summed E-state index contributed by atoms with van der Waals surface area (Å²) in [5.41, 5.74) is 0. The molecule has 0 aliphatic rings. The second-order valence-electron chi connectivity index (χ2n) is 4.31. The second kappa shape index (κ2) is 6.51. The number of hydrogen-bond acceptors (Lipinski definition) is 3. The van der Waals surface area contributed by atoms with Gasteiger partial charge in [-0.3, -0.25) is 0 Å². The van der Waals surface area contributed by atoms with Crippen molar-refractivity contribution in [2.45, 2.75) is 26.0 Å². The summed E-state index contributed by atoms with van der Waals surface area (Å²) in [6.07, 6.45) is -0.451. The number of likely N-dealkylation sites (N-methyl/N-ethyl adjacent to an activating group) is 1. The van der Waals surface area contributed by atoms with Crippen LogP contribution in [-0.4, -0.2) is 42.4 Å². The van der Waals surface area contributed by atoms with Crippen molar-refractivity contribution in [1.29, 1.82) is 0 Å². The van der Waals surface area contributed by atoms with Crippen LogP contribution in [0.2, 0.25) is 0 Å². The van der Waals surface area contributed by atoms with Crippen molar-refractivity contribution in [3.05, 3.63) is 30.3 Å². The molecule has 1 aromatic rings. The van der Waals surface area contributed by atoms with Crippen molar-refractivity contribution in [1.82, 2.24) is 4.90 Å². The van der Waals surface area contributed by atoms with Gasteiger partial charge in [-0.05, 0) is 33.0 Å². The molecule has 0 spiro atoms. The van der Waals surface area contributed by atoms with Crippen LogP contribution in [0.4, 0.5) is 0 Å². The molecule has 0 amide bonds. The SMILES string of the molecule is CC(C)N(C)C[C@H](O)COc1ccccc1. The van der Waals surface area contributed by atoms with Gasteiger partial charge in [0.25, 0.3) is 0 Å². The summed E-state index contributed by atoms with van der Waals surface area (Å²) in [6, 6.07) is 9.99. The quantitative estimate of drug-likeness (QED) is 0.797. The Morgan fingerprint density at radius 3 is 2.44 bits per heavy atom. The molecule has 0 aromatic heterocycles. The molecule has 3 nitrogen and oxygen atoms in total. The average molecular weight is 223 g/mol. The van der Waals surface area contributed by atoms with Crippen molar-refractivity contribution in [3.8, 4) is 5.75 Å². The minimum atomic E-state index is -0.451. The highest BCUT2D eigenvalue weighted by Crippen LogP contribution is 2.08. The van der Waals surface area contributed by atoms with Gasteiger partial charge in [-0.1, -0.05) is 18.2 Å². The lowest BCUT2D eigenvalue weighted by atomic mass is 10.3. The molecule has 0 unspecified atom stereocenters. The van der Waals surface area contributed by atoms with E-state index >= 15 is 0 Å². The van der Waals surface area contributed by atoms with E-state index in [2.05, 4.69) is 18.7 Å². The number of para-hydroxylation sites is 1. The zero-order chi connectivity index (χ0) is 12.0. The lowest BCUT2D eigenvalue weighted by Crippen LogP contribution is -2.36. The number of benzene rings is 1. The van der Waals surface area contributed by atoms with E-state index in [1.165, 1.54) is 0 Å². The first-order chi connectivity index (χ1) is 7.59. The normalized spacial score (nSPS) is 13.1. The molecule has 3 heteroatoms. The number of hydrogen-bond donors (Lipinski definition) is 1. The first-order valence-corrected chi connectivity index (χ1v) is 5.65. The molecule has 1 aromatic carbocycles. The van der Waals surface area contributed by atoms with Gasteiger partial charge in [0.05, 0.1) is 0 Å². The maximum absolute atomic E-state index is 9.76. The monoisotopic (exact) mass is 223 g/mol. The molecule has 1 atom stereocenters. The molecular formula is C13H21NO2. The van der Waals surface area contributed by atoms with Crippen LogP contribution in [0.5, 0.6) is 5.75 Å². The van der Waals surface area contributed by atoms with Gasteiger partial charge < -0.3 is 14.7 Å². The highest BCUT2D eigenvalue weighted by molar-refractivity contribution is 5.20. The van der Waals surface area contributed by atoms with Crippen LogP contribution in [-0.2, 0) is 0 Å². The van der Waals surface area contributed by atoms with Gasteiger partial charge in [0, 0.05) is 12.6 Å². The van der Waals surface area contributed by atoms with Crippen LogP contribution in [0, 0.1) is 0 Å². The maximum Gasteiger partial charge on any atom is 0.119 e. The smallest absolute Gasteiger partial charge is 0.119 e. The lowest BCUT2D eigenvalue weighted by molar-refractivity contribution is 0.0678. The summed E-state index contributed by atoms with van der Waals surface area (Å²) in [6.45, 7) is 5.17. The molecule has 90 valence electrons. The molecule has 0 radical (unpaired) electrons. The van der Waals surface area contributed by atoms with Crippen LogP contribution >= 0.6 is 0 Å². The summed E-state index contributed by atoms with van der Waals surface area (Å²) in [7, 11) is 2.00. The van der Waals surface area contributed by atoms with Crippen LogP contribution in [0.15, 0.2) is 30.3 Å². The van der Waals surface area contributed by atoms with E-state index in [1.54, 1.807) is 0 Å². The first-order valence-electron chi connectivity index (χ1n) is 5.65. The van der Waals surface area contributed by atoms with Crippen LogP contribution in [0.3, 0.4) is 0 Å². The molecule has 1 N–H and O–H groups in total. The highest BCUT2D eigenvalue weighted by atomic mass is 16.5. The van der Waals surface area contributed by atoms with Crippen LogP contribution in [0.1, 0.15) is 13.8 Å². The van der Waals surface area contributed by atoms with Gasteiger partial charge in [-0.2, -0.15) is 0 Å². The summed E-state index contributed by atoms with van der Waals surface area (Å²) in [5.74, 6) is 0.800. The zero-order valence-corrected chi connectivity index (χ0v) is 10.3. The molecule has 0 heterocycles. The van der Waals surface area contributed by atoms with Crippen molar-refractivity contribution in [2.75, 3.05) is 20.2 Å². The summed E-state index contributed by atoms with van der Waals surface area (Å²) in [5, 5.41) is 9.76. The summed E-state index contributed by atoms with van der Waals surface area (Å²) in [4.78, 5) is 2.10. The van der Waals surface area contributed by atoms with E-state index in [1.807, 2.05) is 37.4 Å². The Bertz CT molecular complexity index is 287. The average Bonchev–Trinajstić information content (AvgIpc) is 2.27. The second-order valence-corrected chi connectivity index (χ2v) is 4.31. The molecule has 0 aliphatic carbocycles. The molecule has 0 fully saturated rings.